The number of carboxylic acid groups (broad SMARTS) is 1. The lowest BCUT2D eigenvalue weighted by Gasteiger charge is -2.24. The van der Waals surface area contributed by atoms with Gasteiger partial charge >= 0.3 is 6.09 Å². The van der Waals surface area contributed by atoms with E-state index in [2.05, 4.69) is 5.10 Å². The van der Waals surface area contributed by atoms with E-state index in [9.17, 15) is 13.2 Å². The Kier molecular flexibility index (Phi) is 2.35. The van der Waals surface area contributed by atoms with Crippen LogP contribution >= 0.6 is 0 Å². The summed E-state index contributed by atoms with van der Waals surface area (Å²) in [6.45, 7) is 0.739. The molecule has 2 heterocycles. The number of fused-ring (bicyclic) bond motifs is 1. The van der Waals surface area contributed by atoms with Gasteiger partial charge in [0.2, 0.25) is 0 Å². The Bertz CT molecular complexity index is 535. The minimum absolute atomic E-state index is 0.123. The molecular formula is C7H10N4O4S. The molecule has 1 aromatic heterocycles. The number of rotatable bonds is 1. The number of nitrogens with zero attached hydrogens (tertiary/aromatic N) is 3. The maximum Gasteiger partial charge on any atom is 0.407 e. The van der Waals surface area contributed by atoms with Gasteiger partial charge in [-0.25, -0.2) is 18.4 Å². The van der Waals surface area contributed by atoms with Crippen molar-refractivity contribution in [2.75, 3.05) is 6.54 Å². The summed E-state index contributed by atoms with van der Waals surface area (Å²) in [5.41, 5.74) is 0.526. The van der Waals surface area contributed by atoms with Crippen LogP contribution in [0, 0.1) is 0 Å². The Labute approximate surface area is 91.3 Å². The van der Waals surface area contributed by atoms with Crippen molar-refractivity contribution in [2.24, 2.45) is 5.14 Å². The minimum atomic E-state index is -3.83. The lowest BCUT2D eigenvalue weighted by molar-refractivity contribution is 0.131. The lowest BCUT2D eigenvalue weighted by atomic mass is 10.3. The topological polar surface area (TPSA) is 119 Å². The fourth-order valence-electron chi connectivity index (χ4n) is 1.54. The van der Waals surface area contributed by atoms with Crippen molar-refractivity contribution in [3.63, 3.8) is 0 Å². The van der Waals surface area contributed by atoms with Crippen LogP contribution in [-0.2, 0) is 23.1 Å². The Morgan fingerprint density at radius 1 is 1.50 bits per heavy atom. The highest BCUT2D eigenvalue weighted by molar-refractivity contribution is 7.89. The van der Waals surface area contributed by atoms with Crippen LogP contribution in [-0.4, -0.2) is 40.8 Å². The van der Waals surface area contributed by atoms with Gasteiger partial charge in [-0.2, -0.15) is 5.10 Å². The molecule has 1 aliphatic rings. The van der Waals surface area contributed by atoms with Gasteiger partial charge in [-0.1, -0.05) is 0 Å². The molecule has 0 saturated carbocycles. The van der Waals surface area contributed by atoms with Gasteiger partial charge in [-0.3, -0.25) is 4.68 Å². The molecular weight excluding hydrogens is 236 g/mol. The molecule has 0 spiro atoms. The first-order valence-corrected chi connectivity index (χ1v) is 6.00. The molecule has 16 heavy (non-hydrogen) atoms. The maximum atomic E-state index is 11.0. The molecule has 0 aromatic carbocycles. The zero-order valence-corrected chi connectivity index (χ0v) is 9.01. The van der Waals surface area contributed by atoms with Crippen molar-refractivity contribution >= 4 is 16.1 Å². The van der Waals surface area contributed by atoms with Crippen LogP contribution in [0.4, 0.5) is 4.79 Å². The number of primary sulfonamides is 1. The smallest absolute Gasteiger partial charge is 0.407 e. The molecule has 0 atom stereocenters. The highest BCUT2D eigenvalue weighted by Crippen LogP contribution is 2.15. The summed E-state index contributed by atoms with van der Waals surface area (Å²) in [7, 11) is -3.83. The van der Waals surface area contributed by atoms with Crippen LogP contribution in [0.1, 0.15) is 5.69 Å². The van der Waals surface area contributed by atoms with E-state index in [4.69, 9.17) is 10.2 Å². The van der Waals surface area contributed by atoms with Gasteiger partial charge in [-0.15, -0.1) is 0 Å². The number of sulfonamides is 1. The summed E-state index contributed by atoms with van der Waals surface area (Å²) in [5.74, 6) is 0. The second kappa shape index (κ2) is 3.46. The molecule has 0 aliphatic carbocycles. The fourth-order valence-corrected chi connectivity index (χ4v) is 2.05. The molecule has 0 unspecified atom stereocenters. The van der Waals surface area contributed by atoms with E-state index in [-0.39, 0.29) is 18.1 Å². The number of hydrogen-bond donors (Lipinski definition) is 2. The normalized spacial score (nSPS) is 15.9. The van der Waals surface area contributed by atoms with Gasteiger partial charge in [0, 0.05) is 12.6 Å². The predicted octanol–water partition coefficient (Wildman–Crippen LogP) is -0.976. The first kappa shape index (κ1) is 10.9. The van der Waals surface area contributed by atoms with Crippen molar-refractivity contribution in [1.29, 1.82) is 0 Å². The number of carbonyl (C=O) groups is 1. The standard InChI is InChI=1S/C7H10N4O4S/c8-16(14,15)6-3-5-4-10(7(12)13)1-2-11(5)9-6/h3H,1-2,4H2,(H,12,13)(H2,8,14,15). The number of nitrogens with two attached hydrogens (primary N) is 1. The van der Waals surface area contributed by atoms with E-state index in [0.29, 0.717) is 12.2 Å². The monoisotopic (exact) mass is 246 g/mol. The van der Waals surface area contributed by atoms with E-state index in [0.717, 1.165) is 0 Å². The zero-order chi connectivity index (χ0) is 11.9. The van der Waals surface area contributed by atoms with Crippen LogP contribution in [0.5, 0.6) is 0 Å². The molecule has 9 heteroatoms. The van der Waals surface area contributed by atoms with Gasteiger partial charge in [0.15, 0.2) is 5.03 Å². The van der Waals surface area contributed by atoms with Gasteiger partial charge in [0.05, 0.1) is 18.8 Å². The fraction of sp³-hybridized carbons (Fsp3) is 0.429. The summed E-state index contributed by atoms with van der Waals surface area (Å²) < 4.78 is 23.5. The Balaban J connectivity index is 2.34. The molecule has 1 aromatic rings. The summed E-state index contributed by atoms with van der Waals surface area (Å²) >= 11 is 0. The highest BCUT2D eigenvalue weighted by Gasteiger charge is 2.24. The van der Waals surface area contributed by atoms with E-state index in [1.807, 2.05) is 0 Å². The number of hydrogen-bond acceptors (Lipinski definition) is 4. The molecule has 0 bridgehead atoms. The van der Waals surface area contributed by atoms with Gasteiger partial charge in [0.25, 0.3) is 10.0 Å². The van der Waals surface area contributed by atoms with Crippen LogP contribution in [0.3, 0.4) is 0 Å². The lowest BCUT2D eigenvalue weighted by Crippen LogP contribution is -2.37. The molecule has 0 radical (unpaired) electrons. The Morgan fingerprint density at radius 3 is 2.75 bits per heavy atom. The second-order valence-corrected chi connectivity index (χ2v) is 4.95. The Morgan fingerprint density at radius 2 is 2.19 bits per heavy atom. The molecule has 88 valence electrons. The van der Waals surface area contributed by atoms with E-state index >= 15 is 0 Å². The SMILES string of the molecule is NS(=O)(=O)c1cc2n(n1)CCN(C(=O)O)C2. The first-order chi connectivity index (χ1) is 7.38. The van der Waals surface area contributed by atoms with E-state index in [1.165, 1.54) is 15.6 Å². The zero-order valence-electron chi connectivity index (χ0n) is 8.20. The summed E-state index contributed by atoms with van der Waals surface area (Å²) in [5, 5.41) is 17.3. The number of aromatic nitrogens is 2. The van der Waals surface area contributed by atoms with Gasteiger partial charge < -0.3 is 10.0 Å². The number of amides is 1. The first-order valence-electron chi connectivity index (χ1n) is 4.45. The van der Waals surface area contributed by atoms with Crippen molar-refractivity contribution in [3.05, 3.63) is 11.8 Å². The quantitative estimate of drug-likeness (QED) is 0.660. The third kappa shape index (κ3) is 1.86. The molecule has 0 fully saturated rings. The van der Waals surface area contributed by atoms with Crippen LogP contribution < -0.4 is 5.14 Å². The third-order valence-electron chi connectivity index (χ3n) is 2.34. The maximum absolute atomic E-state index is 11.0. The molecule has 1 aliphatic heterocycles. The molecule has 1 amide bonds. The summed E-state index contributed by atoms with van der Waals surface area (Å²) in [4.78, 5) is 11.9. The largest absolute Gasteiger partial charge is 0.465 e. The van der Waals surface area contributed by atoms with E-state index in [1.54, 1.807) is 0 Å². The van der Waals surface area contributed by atoms with E-state index < -0.39 is 16.1 Å². The minimum Gasteiger partial charge on any atom is -0.465 e. The predicted molar refractivity (Wildman–Crippen MR) is 52.0 cm³/mol. The third-order valence-corrected chi connectivity index (χ3v) is 3.12. The molecule has 3 N–H and O–H groups in total. The van der Waals surface area contributed by atoms with Crippen LogP contribution in [0.25, 0.3) is 0 Å². The summed E-state index contributed by atoms with van der Waals surface area (Å²) in [6.07, 6.45) is -1.04. The van der Waals surface area contributed by atoms with Crippen LogP contribution in [0.15, 0.2) is 11.1 Å². The molecule has 0 saturated heterocycles. The van der Waals surface area contributed by atoms with Gasteiger partial charge in [-0.05, 0) is 0 Å². The average molecular weight is 246 g/mol. The van der Waals surface area contributed by atoms with Crippen molar-refractivity contribution in [2.45, 2.75) is 18.1 Å². The van der Waals surface area contributed by atoms with Gasteiger partial charge in [0.1, 0.15) is 0 Å². The van der Waals surface area contributed by atoms with Crippen LogP contribution in [0.2, 0.25) is 0 Å². The molecule has 2 rings (SSSR count). The summed E-state index contributed by atoms with van der Waals surface area (Å²) in [6, 6.07) is 1.30. The van der Waals surface area contributed by atoms with Crippen molar-refractivity contribution < 1.29 is 18.3 Å². The second-order valence-electron chi connectivity index (χ2n) is 3.45. The molecule has 8 nitrogen and oxygen atoms in total. The van der Waals surface area contributed by atoms with Crippen molar-refractivity contribution in [1.82, 2.24) is 14.7 Å². The Hall–Kier alpha value is -1.61. The average Bonchev–Trinajstić information content (AvgIpc) is 2.58. The van der Waals surface area contributed by atoms with Crippen molar-refractivity contribution in [3.8, 4) is 0 Å². The highest BCUT2D eigenvalue weighted by atomic mass is 32.2.